The maximum Gasteiger partial charge on any atom is 0.134 e. The van der Waals surface area contributed by atoms with Crippen molar-refractivity contribution in [3.05, 3.63) is 35.6 Å². The van der Waals surface area contributed by atoms with Crippen molar-refractivity contribution in [2.45, 2.75) is 46.8 Å². The molecule has 1 unspecified atom stereocenters. The van der Waals surface area contributed by atoms with Crippen LogP contribution in [-0.4, -0.2) is 24.5 Å². The van der Waals surface area contributed by atoms with Gasteiger partial charge < -0.3 is 9.73 Å². The molecule has 1 atom stereocenters. The molecule has 0 fully saturated rings. The highest BCUT2D eigenvalue weighted by atomic mass is 16.3. The SMILES string of the molecule is CCNCc1oc2ccccc2c1CN(C)C(C)C(C)C. The predicted octanol–water partition coefficient (Wildman–Crippen LogP) is 4.02. The van der Waals surface area contributed by atoms with Crippen LogP contribution in [0.25, 0.3) is 11.0 Å². The molecule has 2 aromatic rings. The van der Waals surface area contributed by atoms with Crippen molar-refractivity contribution in [1.29, 1.82) is 0 Å². The average molecular weight is 288 g/mol. The molecule has 116 valence electrons. The summed E-state index contributed by atoms with van der Waals surface area (Å²) in [6.07, 6.45) is 0. The molecule has 1 aromatic carbocycles. The van der Waals surface area contributed by atoms with Gasteiger partial charge in [0.25, 0.3) is 0 Å². The lowest BCUT2D eigenvalue weighted by molar-refractivity contribution is 0.199. The second kappa shape index (κ2) is 7.10. The molecule has 1 heterocycles. The van der Waals surface area contributed by atoms with E-state index in [-0.39, 0.29) is 0 Å². The van der Waals surface area contributed by atoms with E-state index in [1.54, 1.807) is 0 Å². The summed E-state index contributed by atoms with van der Waals surface area (Å²) >= 11 is 0. The summed E-state index contributed by atoms with van der Waals surface area (Å²) in [5.74, 6) is 1.71. The van der Waals surface area contributed by atoms with E-state index in [1.165, 1.54) is 10.9 Å². The monoisotopic (exact) mass is 288 g/mol. The number of fused-ring (bicyclic) bond motifs is 1. The second-order valence-corrected chi connectivity index (χ2v) is 6.18. The first-order valence-corrected chi connectivity index (χ1v) is 7.94. The molecule has 0 radical (unpaired) electrons. The zero-order chi connectivity index (χ0) is 15.4. The topological polar surface area (TPSA) is 28.4 Å². The highest BCUT2D eigenvalue weighted by molar-refractivity contribution is 5.82. The van der Waals surface area contributed by atoms with Gasteiger partial charge in [-0.15, -0.1) is 0 Å². The molecule has 0 aliphatic carbocycles. The molecule has 1 aromatic heterocycles. The Kier molecular flexibility index (Phi) is 5.43. The smallest absolute Gasteiger partial charge is 0.134 e. The van der Waals surface area contributed by atoms with Crippen LogP contribution in [0.15, 0.2) is 28.7 Å². The van der Waals surface area contributed by atoms with Gasteiger partial charge in [0.15, 0.2) is 0 Å². The lowest BCUT2D eigenvalue weighted by Crippen LogP contribution is -2.33. The Morgan fingerprint density at radius 1 is 1.19 bits per heavy atom. The van der Waals surface area contributed by atoms with Gasteiger partial charge in [-0.3, -0.25) is 4.90 Å². The highest BCUT2D eigenvalue weighted by Gasteiger charge is 2.19. The van der Waals surface area contributed by atoms with Gasteiger partial charge in [0.2, 0.25) is 0 Å². The molecule has 2 rings (SSSR count). The number of rotatable bonds is 7. The summed E-state index contributed by atoms with van der Waals surface area (Å²) in [6, 6.07) is 8.89. The lowest BCUT2D eigenvalue weighted by Gasteiger charge is -2.27. The predicted molar refractivity (Wildman–Crippen MR) is 89.4 cm³/mol. The van der Waals surface area contributed by atoms with Crippen LogP contribution >= 0.6 is 0 Å². The van der Waals surface area contributed by atoms with E-state index < -0.39 is 0 Å². The van der Waals surface area contributed by atoms with E-state index in [0.717, 1.165) is 31.0 Å². The number of nitrogens with one attached hydrogen (secondary N) is 1. The normalized spacial score (nSPS) is 13.5. The fourth-order valence-electron chi connectivity index (χ4n) is 2.61. The van der Waals surface area contributed by atoms with Crippen LogP contribution in [0.4, 0.5) is 0 Å². The third-order valence-electron chi connectivity index (χ3n) is 4.39. The lowest BCUT2D eigenvalue weighted by atomic mass is 10.0. The number of hydrogen-bond donors (Lipinski definition) is 1. The van der Waals surface area contributed by atoms with E-state index in [9.17, 15) is 0 Å². The maximum atomic E-state index is 6.05. The van der Waals surface area contributed by atoms with Crippen LogP contribution in [0.5, 0.6) is 0 Å². The van der Waals surface area contributed by atoms with Crippen molar-refractivity contribution >= 4 is 11.0 Å². The third kappa shape index (κ3) is 3.66. The molecule has 0 aliphatic heterocycles. The number of benzene rings is 1. The fraction of sp³-hybridized carbons (Fsp3) is 0.556. The van der Waals surface area contributed by atoms with Crippen molar-refractivity contribution in [2.24, 2.45) is 5.92 Å². The quantitative estimate of drug-likeness (QED) is 0.834. The summed E-state index contributed by atoms with van der Waals surface area (Å²) in [5.41, 5.74) is 2.31. The van der Waals surface area contributed by atoms with Crippen LogP contribution in [0, 0.1) is 5.92 Å². The number of para-hydroxylation sites is 1. The molecule has 0 amide bonds. The molecule has 3 heteroatoms. The summed E-state index contributed by atoms with van der Waals surface area (Å²) in [4.78, 5) is 2.41. The molecule has 21 heavy (non-hydrogen) atoms. The fourth-order valence-corrected chi connectivity index (χ4v) is 2.61. The molecule has 0 saturated carbocycles. The molecule has 0 spiro atoms. The first-order chi connectivity index (χ1) is 10.0. The van der Waals surface area contributed by atoms with Gasteiger partial charge in [-0.2, -0.15) is 0 Å². The highest BCUT2D eigenvalue weighted by Crippen LogP contribution is 2.27. The minimum absolute atomic E-state index is 0.547. The van der Waals surface area contributed by atoms with E-state index >= 15 is 0 Å². The Balaban J connectivity index is 2.31. The molecule has 3 nitrogen and oxygen atoms in total. The van der Waals surface area contributed by atoms with E-state index in [2.05, 4.69) is 63.2 Å². The van der Waals surface area contributed by atoms with E-state index in [0.29, 0.717) is 12.0 Å². The Bertz CT molecular complexity index is 574. The number of hydrogen-bond acceptors (Lipinski definition) is 3. The second-order valence-electron chi connectivity index (χ2n) is 6.18. The Morgan fingerprint density at radius 3 is 2.57 bits per heavy atom. The molecule has 1 N–H and O–H groups in total. The van der Waals surface area contributed by atoms with Gasteiger partial charge in [-0.05, 0) is 32.5 Å². The van der Waals surface area contributed by atoms with Crippen molar-refractivity contribution in [3.8, 4) is 0 Å². The molecule has 0 aliphatic rings. The zero-order valence-corrected chi connectivity index (χ0v) is 13.9. The van der Waals surface area contributed by atoms with Crippen molar-refractivity contribution in [3.63, 3.8) is 0 Å². The van der Waals surface area contributed by atoms with Crippen molar-refractivity contribution in [1.82, 2.24) is 10.2 Å². The van der Waals surface area contributed by atoms with Crippen molar-refractivity contribution in [2.75, 3.05) is 13.6 Å². The largest absolute Gasteiger partial charge is 0.459 e. The van der Waals surface area contributed by atoms with Crippen LogP contribution in [-0.2, 0) is 13.1 Å². The summed E-state index contributed by atoms with van der Waals surface area (Å²) in [5, 5.41) is 4.62. The van der Waals surface area contributed by atoms with Gasteiger partial charge >= 0.3 is 0 Å². The molecular formula is C18H28N2O. The Labute approximate surface area is 128 Å². The average Bonchev–Trinajstić information content (AvgIpc) is 2.82. The minimum atomic E-state index is 0.547. The van der Waals surface area contributed by atoms with Crippen LogP contribution in [0.3, 0.4) is 0 Å². The maximum absolute atomic E-state index is 6.05. The van der Waals surface area contributed by atoms with Crippen molar-refractivity contribution < 1.29 is 4.42 Å². The third-order valence-corrected chi connectivity index (χ3v) is 4.39. The van der Waals surface area contributed by atoms with Crippen LogP contribution in [0.1, 0.15) is 39.0 Å². The molecule has 0 bridgehead atoms. The summed E-state index contributed by atoms with van der Waals surface area (Å²) < 4.78 is 6.05. The number of furan rings is 1. The van der Waals surface area contributed by atoms with Gasteiger partial charge in [-0.25, -0.2) is 0 Å². The van der Waals surface area contributed by atoms with Gasteiger partial charge in [0.1, 0.15) is 11.3 Å². The Hall–Kier alpha value is -1.32. The van der Waals surface area contributed by atoms with Gasteiger partial charge in [0.05, 0.1) is 6.54 Å². The standard InChI is InChI=1S/C18H28N2O/c1-6-19-11-18-16(12-20(5)14(4)13(2)3)15-9-7-8-10-17(15)21-18/h7-10,13-14,19H,6,11-12H2,1-5H3. The Morgan fingerprint density at radius 2 is 1.90 bits per heavy atom. The van der Waals surface area contributed by atoms with Crippen LogP contribution in [0.2, 0.25) is 0 Å². The molecular weight excluding hydrogens is 260 g/mol. The first-order valence-electron chi connectivity index (χ1n) is 7.94. The number of nitrogens with zero attached hydrogens (tertiary/aromatic N) is 1. The van der Waals surface area contributed by atoms with E-state index in [4.69, 9.17) is 4.42 Å². The molecule has 0 saturated heterocycles. The zero-order valence-electron chi connectivity index (χ0n) is 13.9. The van der Waals surface area contributed by atoms with Gasteiger partial charge in [-0.1, -0.05) is 39.0 Å². The first kappa shape index (κ1) is 16.1. The summed E-state index contributed by atoms with van der Waals surface area (Å²) in [6.45, 7) is 11.6. The summed E-state index contributed by atoms with van der Waals surface area (Å²) in [7, 11) is 2.20. The van der Waals surface area contributed by atoms with E-state index in [1.807, 2.05) is 6.07 Å². The van der Waals surface area contributed by atoms with Crippen LogP contribution < -0.4 is 5.32 Å². The van der Waals surface area contributed by atoms with Gasteiger partial charge in [0, 0.05) is 23.5 Å². The minimum Gasteiger partial charge on any atom is -0.459 e.